The van der Waals surface area contributed by atoms with Crippen molar-refractivity contribution in [1.29, 1.82) is 0 Å². The first-order chi connectivity index (χ1) is 13.2. The number of benzene rings is 2. The average molecular weight is 427 g/mol. The van der Waals surface area contributed by atoms with Crippen LogP contribution in [0.3, 0.4) is 0 Å². The number of anilines is 2. The predicted octanol–water partition coefficient (Wildman–Crippen LogP) is 3.54. The Balaban J connectivity index is 1.98. The fraction of sp³-hybridized carbons (Fsp3) is 0.316. The number of hydrogen-bond donors (Lipinski definition) is 1. The Hall–Kier alpha value is -2.45. The van der Waals surface area contributed by atoms with Crippen molar-refractivity contribution >= 4 is 38.9 Å². The van der Waals surface area contributed by atoms with Crippen molar-refractivity contribution in [1.82, 2.24) is 0 Å². The van der Waals surface area contributed by atoms with Crippen molar-refractivity contribution in [2.45, 2.75) is 12.8 Å². The largest absolute Gasteiger partial charge is 0.493 e. The highest BCUT2D eigenvalue weighted by Crippen LogP contribution is 2.29. The lowest BCUT2D eigenvalue weighted by Crippen LogP contribution is -2.31. The van der Waals surface area contributed by atoms with E-state index in [4.69, 9.17) is 21.1 Å². The van der Waals surface area contributed by atoms with Gasteiger partial charge in [0, 0.05) is 29.7 Å². The van der Waals surface area contributed by atoms with Gasteiger partial charge in [0.1, 0.15) is 0 Å². The second kappa shape index (κ2) is 9.66. The molecule has 0 saturated carbocycles. The fourth-order valence-electron chi connectivity index (χ4n) is 2.64. The maximum atomic E-state index is 12.2. The van der Waals surface area contributed by atoms with E-state index in [1.54, 1.807) is 42.5 Å². The molecule has 0 unspecified atom stereocenters. The molecule has 1 N–H and O–H groups in total. The molecule has 0 fully saturated rings. The van der Waals surface area contributed by atoms with Crippen LogP contribution in [0.5, 0.6) is 11.5 Å². The van der Waals surface area contributed by atoms with Crippen molar-refractivity contribution in [3.8, 4) is 11.5 Å². The molecule has 28 heavy (non-hydrogen) atoms. The van der Waals surface area contributed by atoms with Crippen LogP contribution in [0.2, 0.25) is 5.02 Å². The summed E-state index contributed by atoms with van der Waals surface area (Å²) < 4.78 is 35.8. The predicted molar refractivity (Wildman–Crippen MR) is 111 cm³/mol. The van der Waals surface area contributed by atoms with Crippen LogP contribution in [0.1, 0.15) is 12.8 Å². The Kier molecular flexibility index (Phi) is 7.53. The van der Waals surface area contributed by atoms with E-state index < -0.39 is 10.0 Å². The van der Waals surface area contributed by atoms with E-state index in [2.05, 4.69) is 5.32 Å². The molecule has 2 aromatic rings. The van der Waals surface area contributed by atoms with Crippen LogP contribution in [0.4, 0.5) is 11.4 Å². The topological polar surface area (TPSA) is 84.9 Å². The Morgan fingerprint density at radius 3 is 2.43 bits per heavy atom. The molecule has 1 amide bonds. The average Bonchev–Trinajstić information content (AvgIpc) is 2.64. The normalized spacial score (nSPS) is 11.0. The van der Waals surface area contributed by atoms with Crippen LogP contribution in [0, 0.1) is 0 Å². The third kappa shape index (κ3) is 6.03. The molecule has 9 heteroatoms. The monoisotopic (exact) mass is 426 g/mol. The molecule has 7 nitrogen and oxygen atoms in total. The molecular formula is C19H23ClN2O5S. The van der Waals surface area contributed by atoms with E-state index in [1.165, 1.54) is 18.5 Å². The highest BCUT2D eigenvalue weighted by atomic mass is 35.5. The number of hydrogen-bond acceptors (Lipinski definition) is 5. The van der Waals surface area contributed by atoms with E-state index in [9.17, 15) is 13.2 Å². The third-order valence-corrected chi connectivity index (χ3v) is 5.36. The summed E-state index contributed by atoms with van der Waals surface area (Å²) in [5.41, 5.74) is 1.03. The van der Waals surface area contributed by atoms with Gasteiger partial charge in [-0.1, -0.05) is 17.7 Å². The molecule has 0 aromatic heterocycles. The lowest BCUT2D eigenvalue weighted by Gasteiger charge is -2.22. The number of rotatable bonds is 9. The summed E-state index contributed by atoms with van der Waals surface area (Å²) in [5, 5.41) is 3.21. The number of nitrogens with zero attached hydrogens (tertiary/aromatic N) is 1. The van der Waals surface area contributed by atoms with Crippen LogP contribution in [-0.2, 0) is 14.8 Å². The number of methoxy groups -OCH3 is 2. The van der Waals surface area contributed by atoms with Crippen molar-refractivity contribution in [3.63, 3.8) is 0 Å². The molecule has 0 radical (unpaired) electrons. The maximum absolute atomic E-state index is 12.2. The summed E-state index contributed by atoms with van der Waals surface area (Å²) in [6.45, 7) is 0.165. The minimum atomic E-state index is -3.50. The fourth-order valence-corrected chi connectivity index (χ4v) is 3.78. The van der Waals surface area contributed by atoms with Crippen LogP contribution in [0.25, 0.3) is 0 Å². The first kappa shape index (κ1) is 21.8. The van der Waals surface area contributed by atoms with Gasteiger partial charge in [0.25, 0.3) is 0 Å². The van der Waals surface area contributed by atoms with Crippen molar-refractivity contribution in [2.75, 3.05) is 36.6 Å². The molecular weight excluding hydrogens is 404 g/mol. The molecule has 0 aliphatic carbocycles. The summed E-state index contributed by atoms with van der Waals surface area (Å²) in [4.78, 5) is 12.2. The van der Waals surface area contributed by atoms with E-state index in [-0.39, 0.29) is 18.9 Å². The minimum Gasteiger partial charge on any atom is -0.493 e. The third-order valence-electron chi connectivity index (χ3n) is 3.93. The van der Waals surface area contributed by atoms with E-state index in [0.717, 1.165) is 6.26 Å². The zero-order valence-corrected chi connectivity index (χ0v) is 17.5. The van der Waals surface area contributed by atoms with Gasteiger partial charge in [-0.15, -0.1) is 0 Å². The second-order valence-electron chi connectivity index (χ2n) is 6.04. The van der Waals surface area contributed by atoms with Gasteiger partial charge in [-0.2, -0.15) is 0 Å². The van der Waals surface area contributed by atoms with E-state index >= 15 is 0 Å². The summed E-state index contributed by atoms with van der Waals surface area (Å²) in [6.07, 6.45) is 1.62. The molecule has 152 valence electrons. The van der Waals surface area contributed by atoms with Gasteiger partial charge in [-0.25, -0.2) is 8.42 Å². The quantitative estimate of drug-likeness (QED) is 0.662. The summed E-state index contributed by atoms with van der Waals surface area (Å²) in [6, 6.07) is 11.6. The van der Waals surface area contributed by atoms with Crippen molar-refractivity contribution in [2.24, 2.45) is 0 Å². The standard InChI is InChI=1S/C19H23ClN2O5S/c1-26-17-10-9-15(13-18(17)27-2)21-19(23)8-5-11-22(28(3,24)25)16-7-4-6-14(20)12-16/h4,6-7,9-10,12-13H,5,8,11H2,1-3H3,(H,21,23). The van der Waals surface area contributed by atoms with Gasteiger partial charge < -0.3 is 14.8 Å². The number of halogens is 1. The lowest BCUT2D eigenvalue weighted by molar-refractivity contribution is -0.116. The Labute approximate surface area is 170 Å². The van der Waals surface area contributed by atoms with Gasteiger partial charge >= 0.3 is 0 Å². The summed E-state index contributed by atoms with van der Waals surface area (Å²) in [7, 11) is -0.451. The molecule has 0 aliphatic rings. The van der Waals surface area contributed by atoms with Gasteiger partial charge in [-0.3, -0.25) is 9.10 Å². The minimum absolute atomic E-state index is 0.154. The first-order valence-electron chi connectivity index (χ1n) is 8.49. The molecule has 0 saturated heterocycles. The summed E-state index contributed by atoms with van der Waals surface area (Å²) >= 11 is 5.96. The van der Waals surface area contributed by atoms with Gasteiger partial charge in [0.2, 0.25) is 15.9 Å². The zero-order chi connectivity index (χ0) is 20.7. The lowest BCUT2D eigenvalue weighted by atomic mass is 10.2. The highest BCUT2D eigenvalue weighted by molar-refractivity contribution is 7.92. The molecule has 0 aliphatic heterocycles. The molecule has 0 spiro atoms. The van der Waals surface area contributed by atoms with Crippen molar-refractivity contribution < 1.29 is 22.7 Å². The first-order valence-corrected chi connectivity index (χ1v) is 10.7. The number of carbonyl (C=O) groups excluding carboxylic acids is 1. The Morgan fingerprint density at radius 2 is 1.82 bits per heavy atom. The SMILES string of the molecule is COc1ccc(NC(=O)CCCN(c2cccc(Cl)c2)S(C)(=O)=O)cc1OC. The van der Waals surface area contributed by atoms with Gasteiger partial charge in [0.15, 0.2) is 11.5 Å². The van der Waals surface area contributed by atoms with Crippen LogP contribution in [0.15, 0.2) is 42.5 Å². The van der Waals surface area contributed by atoms with Crippen molar-refractivity contribution in [3.05, 3.63) is 47.5 Å². The molecule has 2 aromatic carbocycles. The number of nitrogens with one attached hydrogen (secondary N) is 1. The zero-order valence-electron chi connectivity index (χ0n) is 15.9. The van der Waals surface area contributed by atoms with Crippen LogP contribution >= 0.6 is 11.6 Å². The van der Waals surface area contributed by atoms with Crippen LogP contribution < -0.4 is 19.1 Å². The number of carbonyl (C=O) groups is 1. The highest BCUT2D eigenvalue weighted by Gasteiger charge is 2.18. The van der Waals surface area contributed by atoms with Crippen LogP contribution in [-0.4, -0.2) is 41.3 Å². The Morgan fingerprint density at radius 1 is 1.11 bits per heavy atom. The molecule has 0 bridgehead atoms. The van der Waals surface area contributed by atoms with E-state index in [0.29, 0.717) is 34.3 Å². The van der Waals surface area contributed by atoms with E-state index in [1.807, 2.05) is 0 Å². The maximum Gasteiger partial charge on any atom is 0.232 e. The molecule has 0 heterocycles. The second-order valence-corrected chi connectivity index (χ2v) is 8.38. The number of amides is 1. The Bertz CT molecular complexity index is 934. The van der Waals surface area contributed by atoms with Gasteiger partial charge in [0.05, 0.1) is 26.2 Å². The molecule has 0 atom stereocenters. The van der Waals surface area contributed by atoms with Gasteiger partial charge in [-0.05, 0) is 36.8 Å². The molecule has 2 rings (SSSR count). The summed E-state index contributed by atoms with van der Waals surface area (Å²) in [5.74, 6) is 0.835. The number of sulfonamides is 1. The smallest absolute Gasteiger partial charge is 0.232 e. The number of ether oxygens (including phenoxy) is 2.